The largest absolute Gasteiger partial charge is 0.315 e. The quantitative estimate of drug-likeness (QED) is 0.893. The molecule has 2 heterocycles. The van der Waals surface area contributed by atoms with Crippen molar-refractivity contribution in [2.45, 2.75) is 17.4 Å². The van der Waals surface area contributed by atoms with Crippen molar-refractivity contribution < 1.29 is 8.42 Å². The van der Waals surface area contributed by atoms with Crippen molar-refractivity contribution in [1.82, 2.24) is 10.0 Å². The number of rotatable bonds is 3. The topological polar surface area (TPSA) is 58.2 Å². The Labute approximate surface area is 108 Å². The maximum Gasteiger partial charge on any atom is 0.243 e. The molecule has 1 aromatic rings. The first-order valence-electron chi connectivity index (χ1n) is 4.67. The molecule has 1 unspecified atom stereocenters. The summed E-state index contributed by atoms with van der Waals surface area (Å²) in [6, 6.07) is 1.30. The average molecular weight is 301 g/mol. The third-order valence-corrected chi connectivity index (χ3v) is 5.57. The first kappa shape index (κ1) is 12.6. The van der Waals surface area contributed by atoms with Gasteiger partial charge in [-0.1, -0.05) is 23.2 Å². The number of hydrogen-bond donors (Lipinski definition) is 2. The van der Waals surface area contributed by atoms with E-state index in [2.05, 4.69) is 10.0 Å². The predicted octanol–water partition coefficient (Wildman–Crippen LogP) is 1.70. The maximum absolute atomic E-state index is 11.9. The summed E-state index contributed by atoms with van der Waals surface area (Å²) in [4.78, 5) is 0.0658. The molecule has 1 fully saturated rings. The van der Waals surface area contributed by atoms with Gasteiger partial charge in [-0.15, -0.1) is 11.3 Å². The van der Waals surface area contributed by atoms with Crippen molar-refractivity contribution in [1.29, 1.82) is 0 Å². The van der Waals surface area contributed by atoms with Gasteiger partial charge in [0.15, 0.2) is 0 Å². The summed E-state index contributed by atoms with van der Waals surface area (Å²) < 4.78 is 27.1. The van der Waals surface area contributed by atoms with E-state index in [1.165, 1.54) is 6.07 Å². The molecule has 8 heteroatoms. The lowest BCUT2D eigenvalue weighted by molar-refractivity contribution is 0.560. The molecule has 0 saturated carbocycles. The van der Waals surface area contributed by atoms with Crippen LogP contribution in [0.5, 0.6) is 0 Å². The normalized spacial score (nSPS) is 21.5. The zero-order valence-corrected chi connectivity index (χ0v) is 11.3. The monoisotopic (exact) mass is 300 g/mol. The van der Waals surface area contributed by atoms with E-state index in [1.807, 2.05) is 0 Å². The SMILES string of the molecule is O=S(=O)(NC1CCNC1)c1cc(Cl)sc1Cl. The molecule has 2 N–H and O–H groups in total. The van der Waals surface area contributed by atoms with Gasteiger partial charge in [0.2, 0.25) is 10.0 Å². The van der Waals surface area contributed by atoms with Crippen LogP contribution in [0.3, 0.4) is 0 Å². The van der Waals surface area contributed by atoms with Crippen molar-refractivity contribution >= 4 is 44.6 Å². The van der Waals surface area contributed by atoms with Crippen LogP contribution in [0, 0.1) is 0 Å². The highest BCUT2D eigenvalue weighted by molar-refractivity contribution is 7.89. The fourth-order valence-electron chi connectivity index (χ4n) is 1.55. The molecule has 2 rings (SSSR count). The van der Waals surface area contributed by atoms with Crippen molar-refractivity contribution in [2.24, 2.45) is 0 Å². The average Bonchev–Trinajstić information content (AvgIpc) is 2.75. The summed E-state index contributed by atoms with van der Waals surface area (Å²) in [5, 5.41) is 3.08. The molecule has 1 aliphatic heterocycles. The number of sulfonamides is 1. The van der Waals surface area contributed by atoms with Crippen LogP contribution in [0.25, 0.3) is 0 Å². The summed E-state index contributed by atoms with van der Waals surface area (Å²) in [5.41, 5.74) is 0. The molecule has 0 aliphatic carbocycles. The molecule has 4 nitrogen and oxygen atoms in total. The van der Waals surface area contributed by atoms with Crippen LogP contribution in [0.4, 0.5) is 0 Å². The molecular weight excluding hydrogens is 291 g/mol. The zero-order valence-electron chi connectivity index (χ0n) is 8.16. The number of thiophene rings is 1. The van der Waals surface area contributed by atoms with Gasteiger partial charge in [0.1, 0.15) is 9.23 Å². The summed E-state index contributed by atoms with van der Waals surface area (Å²) in [5.74, 6) is 0. The zero-order chi connectivity index (χ0) is 11.8. The smallest absolute Gasteiger partial charge is 0.243 e. The van der Waals surface area contributed by atoms with Crippen LogP contribution in [0.1, 0.15) is 6.42 Å². The molecule has 1 saturated heterocycles. The van der Waals surface area contributed by atoms with Gasteiger partial charge in [0.25, 0.3) is 0 Å². The van der Waals surface area contributed by atoms with Crippen LogP contribution in [0.2, 0.25) is 8.67 Å². The minimum Gasteiger partial charge on any atom is -0.315 e. The summed E-state index contributed by atoms with van der Waals surface area (Å²) in [6.45, 7) is 1.47. The van der Waals surface area contributed by atoms with Crippen molar-refractivity contribution in [3.8, 4) is 0 Å². The molecule has 1 aromatic heterocycles. The van der Waals surface area contributed by atoms with E-state index in [1.54, 1.807) is 0 Å². The van der Waals surface area contributed by atoms with Gasteiger partial charge in [0, 0.05) is 12.6 Å². The Morgan fingerprint density at radius 1 is 1.50 bits per heavy atom. The Balaban J connectivity index is 2.21. The summed E-state index contributed by atoms with van der Waals surface area (Å²) in [7, 11) is -3.55. The molecule has 16 heavy (non-hydrogen) atoms. The lowest BCUT2D eigenvalue weighted by Crippen LogP contribution is -2.36. The van der Waals surface area contributed by atoms with Gasteiger partial charge in [0.05, 0.1) is 4.34 Å². The van der Waals surface area contributed by atoms with E-state index in [4.69, 9.17) is 23.2 Å². The predicted molar refractivity (Wildman–Crippen MR) is 65.9 cm³/mol. The Bertz CT molecular complexity index is 480. The molecule has 0 bridgehead atoms. The Morgan fingerprint density at radius 3 is 2.75 bits per heavy atom. The molecular formula is C8H10Cl2N2O2S2. The highest BCUT2D eigenvalue weighted by Crippen LogP contribution is 2.34. The highest BCUT2D eigenvalue weighted by atomic mass is 35.5. The fraction of sp³-hybridized carbons (Fsp3) is 0.500. The van der Waals surface area contributed by atoms with Crippen LogP contribution in [-0.4, -0.2) is 27.5 Å². The van der Waals surface area contributed by atoms with Crippen molar-refractivity contribution in [2.75, 3.05) is 13.1 Å². The van der Waals surface area contributed by atoms with Gasteiger partial charge in [-0.25, -0.2) is 13.1 Å². The van der Waals surface area contributed by atoms with Gasteiger partial charge < -0.3 is 5.32 Å². The molecule has 0 radical (unpaired) electrons. The first-order chi connectivity index (χ1) is 7.49. The third-order valence-electron chi connectivity index (χ3n) is 2.30. The van der Waals surface area contributed by atoms with Crippen molar-refractivity contribution in [3.63, 3.8) is 0 Å². The second kappa shape index (κ2) is 4.80. The molecule has 1 atom stereocenters. The van der Waals surface area contributed by atoms with E-state index in [9.17, 15) is 8.42 Å². The lowest BCUT2D eigenvalue weighted by atomic mass is 10.3. The summed E-state index contributed by atoms with van der Waals surface area (Å²) >= 11 is 12.6. The van der Waals surface area contributed by atoms with E-state index in [-0.39, 0.29) is 15.3 Å². The van der Waals surface area contributed by atoms with Gasteiger partial charge in [-0.2, -0.15) is 0 Å². The second-order valence-electron chi connectivity index (χ2n) is 3.50. The van der Waals surface area contributed by atoms with Gasteiger partial charge in [-0.05, 0) is 19.0 Å². The molecule has 0 amide bonds. The minimum atomic E-state index is -3.55. The highest BCUT2D eigenvalue weighted by Gasteiger charge is 2.25. The molecule has 1 aliphatic rings. The number of nitrogens with one attached hydrogen (secondary N) is 2. The van der Waals surface area contributed by atoms with Crippen LogP contribution in [-0.2, 0) is 10.0 Å². The fourth-order valence-corrected chi connectivity index (χ4v) is 4.97. The van der Waals surface area contributed by atoms with E-state index >= 15 is 0 Å². The van der Waals surface area contributed by atoms with Gasteiger partial charge in [-0.3, -0.25) is 0 Å². The van der Waals surface area contributed by atoms with Crippen LogP contribution in [0.15, 0.2) is 11.0 Å². The number of halogens is 2. The standard InChI is InChI=1S/C8H10Cl2N2O2S2/c9-7-3-6(8(10)15-7)16(13,14)12-5-1-2-11-4-5/h3,5,11-12H,1-2,4H2. The molecule has 0 aromatic carbocycles. The Kier molecular flexibility index (Phi) is 3.78. The Hall–Kier alpha value is 0.150. The van der Waals surface area contributed by atoms with E-state index in [0.717, 1.165) is 24.3 Å². The Morgan fingerprint density at radius 2 is 2.25 bits per heavy atom. The lowest BCUT2D eigenvalue weighted by Gasteiger charge is -2.10. The van der Waals surface area contributed by atoms with E-state index < -0.39 is 10.0 Å². The minimum absolute atomic E-state index is 0.0658. The molecule has 90 valence electrons. The maximum atomic E-state index is 11.9. The number of hydrogen-bond acceptors (Lipinski definition) is 4. The molecule has 0 spiro atoms. The van der Waals surface area contributed by atoms with Gasteiger partial charge >= 0.3 is 0 Å². The second-order valence-corrected chi connectivity index (χ2v) is 7.47. The third kappa shape index (κ3) is 2.69. The van der Waals surface area contributed by atoms with E-state index in [0.29, 0.717) is 10.9 Å². The van der Waals surface area contributed by atoms with Crippen molar-refractivity contribution in [3.05, 3.63) is 14.7 Å². The van der Waals surface area contributed by atoms with Crippen LogP contribution >= 0.6 is 34.5 Å². The van der Waals surface area contributed by atoms with Crippen LogP contribution < -0.4 is 10.0 Å². The summed E-state index contributed by atoms with van der Waals surface area (Å²) in [6.07, 6.45) is 0.786. The first-order valence-corrected chi connectivity index (χ1v) is 7.72.